The number of aliphatic hydroxyl groups is 6. The highest BCUT2D eigenvalue weighted by molar-refractivity contribution is 6.02. The fourth-order valence-electron chi connectivity index (χ4n) is 5.20. The number of hydrogen-bond acceptors (Lipinski definition) is 15. The van der Waals surface area contributed by atoms with Gasteiger partial charge in [-0.1, -0.05) is 6.07 Å². The summed E-state index contributed by atoms with van der Waals surface area (Å²) in [6.45, 7) is 0.964. The van der Waals surface area contributed by atoms with Crippen molar-refractivity contribution in [2.45, 2.75) is 80.9 Å². The molecule has 0 aromatic heterocycles. The fourth-order valence-corrected chi connectivity index (χ4v) is 5.20. The largest absolute Gasteiger partial charge is 0.507 e. The van der Waals surface area contributed by atoms with Gasteiger partial charge in [0.1, 0.15) is 71.6 Å². The van der Waals surface area contributed by atoms with Crippen LogP contribution in [0.1, 0.15) is 35.4 Å². The van der Waals surface area contributed by atoms with Crippen molar-refractivity contribution in [1.29, 1.82) is 0 Å². The summed E-state index contributed by atoms with van der Waals surface area (Å²) in [5, 5.41) is 82.2. The number of ether oxygens (including phenoxy) is 6. The molecule has 0 bridgehead atoms. The van der Waals surface area contributed by atoms with Crippen molar-refractivity contribution < 1.29 is 74.1 Å². The Hall–Kier alpha value is -3.25. The molecule has 3 aliphatic rings. The van der Waals surface area contributed by atoms with Gasteiger partial charge in [-0.15, -0.1) is 0 Å². The van der Waals surface area contributed by atoms with Crippen LogP contribution in [0.15, 0.2) is 30.3 Å². The van der Waals surface area contributed by atoms with Crippen LogP contribution in [0, 0.1) is 0 Å². The Morgan fingerprint density at radius 3 is 2.23 bits per heavy atom. The average molecular weight is 611 g/mol. The van der Waals surface area contributed by atoms with Gasteiger partial charge in [0.25, 0.3) is 0 Å². The number of ketones is 1. The molecule has 5 rings (SSSR count). The number of aromatic hydroxyl groups is 2. The predicted molar refractivity (Wildman–Crippen MR) is 141 cm³/mol. The predicted octanol–water partition coefficient (Wildman–Crippen LogP) is -1.16. The summed E-state index contributed by atoms with van der Waals surface area (Å²) in [7, 11) is 1.39. The van der Waals surface area contributed by atoms with Gasteiger partial charge in [0.15, 0.2) is 23.6 Å². The van der Waals surface area contributed by atoms with Gasteiger partial charge in [0.2, 0.25) is 6.29 Å². The summed E-state index contributed by atoms with van der Waals surface area (Å²) in [4.78, 5) is 12.9. The van der Waals surface area contributed by atoms with Gasteiger partial charge in [-0.2, -0.15) is 0 Å². The maximum atomic E-state index is 12.9. The number of phenols is 2. The lowest BCUT2D eigenvalue weighted by Crippen LogP contribution is -2.61. The Morgan fingerprint density at radius 2 is 1.53 bits per heavy atom. The van der Waals surface area contributed by atoms with E-state index in [1.807, 2.05) is 0 Å². The number of phenolic OH excluding ortho intramolecular Hbond substituents is 2. The van der Waals surface area contributed by atoms with E-state index in [0.717, 1.165) is 6.07 Å². The van der Waals surface area contributed by atoms with Crippen molar-refractivity contribution in [2.24, 2.45) is 0 Å². The SMILES string of the molecule is COc1ccc([C@@H]2CC(=O)c3c(O)cc(O[C@@H]4O[C@@H](CO[C@@H]5O[C@@H](C)[C@H](O)[C@@H](O)[C@@H]5O)[C@@H](O)[C@H](O)[C@H]4O)cc3O2)cc1O. The number of carbonyl (C=O) groups is 1. The Labute approximate surface area is 245 Å². The van der Waals surface area contributed by atoms with Gasteiger partial charge in [-0.3, -0.25) is 4.79 Å². The zero-order valence-electron chi connectivity index (χ0n) is 23.1. The second-order valence-corrected chi connectivity index (χ2v) is 10.6. The second-order valence-electron chi connectivity index (χ2n) is 10.6. The highest BCUT2D eigenvalue weighted by Crippen LogP contribution is 2.43. The first kappa shape index (κ1) is 31.2. The van der Waals surface area contributed by atoms with Gasteiger partial charge in [-0.25, -0.2) is 0 Å². The third kappa shape index (κ3) is 6.08. The molecule has 15 nitrogen and oxygen atoms in total. The molecular formula is C28H34O15. The van der Waals surface area contributed by atoms with Gasteiger partial charge in [0.05, 0.1) is 26.2 Å². The summed E-state index contributed by atoms with van der Waals surface area (Å²) in [6, 6.07) is 6.90. The Balaban J connectivity index is 1.30. The third-order valence-electron chi connectivity index (χ3n) is 7.70. The topological polar surface area (TPSA) is 234 Å². The van der Waals surface area contributed by atoms with E-state index in [4.69, 9.17) is 28.4 Å². The number of Topliss-reactive ketones (excluding diaryl/α,β-unsaturated/α-hetero) is 1. The molecule has 0 saturated carbocycles. The first-order chi connectivity index (χ1) is 20.4. The quantitative estimate of drug-likeness (QED) is 0.185. The number of carbonyl (C=O) groups excluding carboxylic acids is 1. The van der Waals surface area contributed by atoms with E-state index < -0.39 is 85.7 Å². The zero-order valence-corrected chi connectivity index (χ0v) is 23.1. The van der Waals surface area contributed by atoms with E-state index in [1.165, 1.54) is 32.2 Å². The van der Waals surface area contributed by atoms with E-state index in [-0.39, 0.29) is 35.0 Å². The van der Waals surface area contributed by atoms with Crippen LogP contribution in [0.2, 0.25) is 0 Å². The van der Waals surface area contributed by atoms with Crippen molar-refractivity contribution in [3.63, 3.8) is 0 Å². The summed E-state index contributed by atoms with van der Waals surface area (Å²) in [5.41, 5.74) is 0.373. The molecule has 0 unspecified atom stereocenters. The van der Waals surface area contributed by atoms with Crippen molar-refractivity contribution in [1.82, 2.24) is 0 Å². The van der Waals surface area contributed by atoms with E-state index in [0.29, 0.717) is 5.56 Å². The molecule has 2 aromatic carbocycles. The second kappa shape index (κ2) is 12.4. The minimum Gasteiger partial charge on any atom is -0.507 e. The number of fused-ring (bicyclic) bond motifs is 1. The molecule has 0 amide bonds. The maximum Gasteiger partial charge on any atom is 0.229 e. The van der Waals surface area contributed by atoms with Crippen LogP contribution in [0.3, 0.4) is 0 Å². The van der Waals surface area contributed by atoms with E-state index in [1.54, 1.807) is 6.07 Å². The van der Waals surface area contributed by atoms with Crippen LogP contribution in [0.4, 0.5) is 0 Å². The minimum atomic E-state index is -1.77. The normalized spacial score (nSPS) is 36.0. The number of aliphatic hydroxyl groups excluding tert-OH is 6. The average Bonchev–Trinajstić information content (AvgIpc) is 2.97. The fraction of sp³-hybridized carbons (Fsp3) is 0.536. The molecule has 43 heavy (non-hydrogen) atoms. The summed E-state index contributed by atoms with van der Waals surface area (Å²) in [6.07, 6.45) is -15.9. The lowest BCUT2D eigenvalue weighted by molar-refractivity contribution is -0.318. The third-order valence-corrected chi connectivity index (χ3v) is 7.70. The summed E-state index contributed by atoms with van der Waals surface area (Å²) < 4.78 is 33.1. The smallest absolute Gasteiger partial charge is 0.229 e. The zero-order chi connectivity index (χ0) is 31.2. The van der Waals surface area contributed by atoms with Crippen LogP contribution in [0.5, 0.6) is 28.7 Å². The standard InChI is InChI=1S/C28H34O15/c1-10-21(32)23(34)25(36)27(40-10)39-9-19-22(33)24(35)26(37)28(43-19)41-12-6-14(30)20-15(31)8-17(42-18(20)7-12)11-3-4-16(38-2)13(29)5-11/h3-7,10,17,19,21-30,32-37H,8-9H2,1-2H3/t10-,17-,19-,21-,22+,23+,24-,25-,26+,27+,28+/m0/s1. The highest BCUT2D eigenvalue weighted by atomic mass is 16.7. The van der Waals surface area contributed by atoms with Crippen molar-refractivity contribution >= 4 is 5.78 Å². The lowest BCUT2D eigenvalue weighted by Gasteiger charge is -2.42. The van der Waals surface area contributed by atoms with Crippen molar-refractivity contribution in [3.8, 4) is 28.7 Å². The molecule has 2 saturated heterocycles. The molecule has 236 valence electrons. The molecule has 0 radical (unpaired) electrons. The van der Waals surface area contributed by atoms with E-state index >= 15 is 0 Å². The molecule has 11 atom stereocenters. The van der Waals surface area contributed by atoms with Gasteiger partial charge in [-0.05, 0) is 24.6 Å². The Kier molecular flexibility index (Phi) is 8.99. The molecule has 8 N–H and O–H groups in total. The van der Waals surface area contributed by atoms with Crippen LogP contribution < -0.4 is 14.2 Å². The molecule has 0 aliphatic carbocycles. The number of rotatable bonds is 7. The van der Waals surface area contributed by atoms with Gasteiger partial charge < -0.3 is 69.3 Å². The molecular weight excluding hydrogens is 576 g/mol. The minimum absolute atomic E-state index is 0.0457. The van der Waals surface area contributed by atoms with Crippen molar-refractivity contribution in [3.05, 3.63) is 41.5 Å². The molecule has 3 aliphatic heterocycles. The lowest BCUT2D eigenvalue weighted by atomic mass is 9.95. The molecule has 3 heterocycles. The highest BCUT2D eigenvalue weighted by Gasteiger charge is 2.47. The summed E-state index contributed by atoms with van der Waals surface area (Å²) >= 11 is 0. The Morgan fingerprint density at radius 1 is 0.837 bits per heavy atom. The van der Waals surface area contributed by atoms with Crippen LogP contribution in [0.25, 0.3) is 0 Å². The maximum absolute atomic E-state index is 12.9. The molecule has 2 fully saturated rings. The molecule has 0 spiro atoms. The van der Waals surface area contributed by atoms with Gasteiger partial charge in [0, 0.05) is 12.1 Å². The molecule has 15 heteroatoms. The number of methoxy groups -OCH3 is 1. The summed E-state index contributed by atoms with van der Waals surface area (Å²) in [5.74, 6) is -0.999. The first-order valence-electron chi connectivity index (χ1n) is 13.5. The van der Waals surface area contributed by atoms with E-state index in [2.05, 4.69) is 0 Å². The van der Waals surface area contributed by atoms with Crippen LogP contribution in [-0.4, -0.2) is 122 Å². The molecule has 2 aromatic rings. The Bertz CT molecular complexity index is 1320. The van der Waals surface area contributed by atoms with Crippen LogP contribution in [-0.2, 0) is 14.2 Å². The first-order valence-corrected chi connectivity index (χ1v) is 13.5. The van der Waals surface area contributed by atoms with E-state index in [9.17, 15) is 45.6 Å². The monoisotopic (exact) mass is 610 g/mol. The van der Waals surface area contributed by atoms with Gasteiger partial charge >= 0.3 is 0 Å². The van der Waals surface area contributed by atoms with Crippen LogP contribution >= 0.6 is 0 Å². The number of hydrogen-bond donors (Lipinski definition) is 8. The van der Waals surface area contributed by atoms with Crippen molar-refractivity contribution in [2.75, 3.05) is 13.7 Å². The number of benzene rings is 2.